The Balaban J connectivity index is 1.57. The highest BCUT2D eigenvalue weighted by Gasteiger charge is 2.29. The molecule has 0 N–H and O–H groups in total. The van der Waals surface area contributed by atoms with Gasteiger partial charge in [0, 0.05) is 31.3 Å². The zero-order valence-electron chi connectivity index (χ0n) is 16.3. The number of piperidine rings is 1. The van der Waals surface area contributed by atoms with Crippen molar-refractivity contribution in [1.82, 2.24) is 20.0 Å². The molecule has 8 nitrogen and oxygen atoms in total. The van der Waals surface area contributed by atoms with E-state index in [0.717, 1.165) is 18.4 Å². The predicted octanol–water partition coefficient (Wildman–Crippen LogP) is 3.62. The van der Waals surface area contributed by atoms with Gasteiger partial charge in [0.2, 0.25) is 0 Å². The summed E-state index contributed by atoms with van der Waals surface area (Å²) in [6, 6.07) is 5.48. The van der Waals surface area contributed by atoms with Crippen molar-refractivity contribution in [2.45, 2.75) is 45.1 Å². The second kappa shape index (κ2) is 8.21. The number of nitrogens with zero attached hydrogens (tertiary/aromatic N) is 5. The second-order valence-electron chi connectivity index (χ2n) is 7.65. The molecule has 3 rings (SSSR count). The van der Waals surface area contributed by atoms with Gasteiger partial charge < -0.3 is 14.2 Å². The van der Waals surface area contributed by atoms with E-state index in [1.807, 2.05) is 26.8 Å². The van der Waals surface area contributed by atoms with Crippen LogP contribution in [-0.2, 0) is 4.74 Å². The molecule has 2 aromatic rings. The van der Waals surface area contributed by atoms with Crippen LogP contribution in [0.4, 0.5) is 4.79 Å². The number of hydrogen-bond donors (Lipinski definition) is 0. The Hall–Kier alpha value is -3.21. The Morgan fingerprint density at radius 3 is 2.79 bits per heavy atom. The van der Waals surface area contributed by atoms with Crippen LogP contribution in [-0.4, -0.2) is 44.8 Å². The topological polar surface area (TPSA) is 105 Å². The van der Waals surface area contributed by atoms with E-state index in [1.165, 1.54) is 0 Å². The number of aromatic nitrogens is 3. The van der Waals surface area contributed by atoms with Crippen molar-refractivity contribution < 1.29 is 14.1 Å². The third-order valence-corrected chi connectivity index (χ3v) is 4.29. The van der Waals surface area contributed by atoms with Crippen LogP contribution < -0.4 is 0 Å². The lowest BCUT2D eigenvalue weighted by molar-refractivity contribution is 0.0203. The minimum atomic E-state index is -0.494. The number of ether oxygens (including phenoxy) is 1. The van der Waals surface area contributed by atoms with Gasteiger partial charge in [0.1, 0.15) is 17.4 Å². The molecule has 1 fully saturated rings. The molecule has 0 spiro atoms. The molecule has 3 heterocycles. The standard InChI is InChI=1S/C20H23N5O3/c1-20(2,3)27-19(26)25-10-7-15(8-11-25)18-23-17(28-24-18)5-4-14-6-9-22-16(12-14)13-21/h4-6,9,12,15H,7-8,10-11H2,1-3H3. The molecule has 0 aromatic carbocycles. The first-order valence-electron chi connectivity index (χ1n) is 9.20. The highest BCUT2D eigenvalue weighted by molar-refractivity contribution is 5.68. The predicted molar refractivity (Wildman–Crippen MR) is 102 cm³/mol. The second-order valence-corrected chi connectivity index (χ2v) is 7.65. The lowest BCUT2D eigenvalue weighted by atomic mass is 9.96. The zero-order chi connectivity index (χ0) is 20.1. The minimum Gasteiger partial charge on any atom is -0.444 e. The van der Waals surface area contributed by atoms with E-state index in [1.54, 1.807) is 35.4 Å². The molecule has 8 heteroatoms. The molecule has 146 valence electrons. The molecule has 1 aliphatic heterocycles. The molecule has 2 aromatic heterocycles. The van der Waals surface area contributed by atoms with Gasteiger partial charge >= 0.3 is 6.09 Å². The van der Waals surface area contributed by atoms with Gasteiger partial charge in [-0.1, -0.05) is 5.16 Å². The van der Waals surface area contributed by atoms with E-state index in [4.69, 9.17) is 14.5 Å². The summed E-state index contributed by atoms with van der Waals surface area (Å²) in [7, 11) is 0. The van der Waals surface area contributed by atoms with Crippen molar-refractivity contribution in [3.05, 3.63) is 41.3 Å². The summed E-state index contributed by atoms with van der Waals surface area (Å²) in [6.45, 7) is 6.79. The fourth-order valence-corrected chi connectivity index (χ4v) is 2.91. The highest BCUT2D eigenvalue weighted by Crippen LogP contribution is 2.27. The van der Waals surface area contributed by atoms with Crippen LogP contribution in [0, 0.1) is 11.3 Å². The summed E-state index contributed by atoms with van der Waals surface area (Å²) >= 11 is 0. The zero-order valence-corrected chi connectivity index (χ0v) is 16.3. The molecule has 28 heavy (non-hydrogen) atoms. The lowest BCUT2D eigenvalue weighted by Gasteiger charge is -2.32. The molecule has 0 saturated carbocycles. The number of likely N-dealkylation sites (tertiary alicyclic amines) is 1. The summed E-state index contributed by atoms with van der Waals surface area (Å²) in [5.41, 5.74) is 0.688. The molecule has 0 radical (unpaired) electrons. The largest absolute Gasteiger partial charge is 0.444 e. The van der Waals surface area contributed by atoms with Gasteiger partial charge in [-0.3, -0.25) is 0 Å². The van der Waals surface area contributed by atoms with E-state index in [-0.39, 0.29) is 12.0 Å². The number of amides is 1. The lowest BCUT2D eigenvalue weighted by Crippen LogP contribution is -2.41. The van der Waals surface area contributed by atoms with Gasteiger partial charge in [0.15, 0.2) is 5.82 Å². The number of carbonyl (C=O) groups is 1. The van der Waals surface area contributed by atoms with Crippen LogP contribution >= 0.6 is 0 Å². The van der Waals surface area contributed by atoms with Crippen molar-refractivity contribution in [3.8, 4) is 6.07 Å². The third-order valence-electron chi connectivity index (χ3n) is 4.29. The molecular formula is C20H23N5O3. The van der Waals surface area contributed by atoms with Crippen LogP contribution in [0.5, 0.6) is 0 Å². The normalized spacial score (nSPS) is 15.6. The Bertz CT molecular complexity index is 899. The summed E-state index contributed by atoms with van der Waals surface area (Å²) in [6.07, 6.45) is 6.33. The molecule has 1 saturated heterocycles. The van der Waals surface area contributed by atoms with E-state index < -0.39 is 5.60 Å². The fraction of sp³-hybridized carbons (Fsp3) is 0.450. The van der Waals surface area contributed by atoms with E-state index in [2.05, 4.69) is 15.1 Å². The Morgan fingerprint density at radius 1 is 1.36 bits per heavy atom. The molecule has 0 unspecified atom stereocenters. The smallest absolute Gasteiger partial charge is 0.410 e. The van der Waals surface area contributed by atoms with Crippen LogP contribution in [0.3, 0.4) is 0 Å². The van der Waals surface area contributed by atoms with Crippen molar-refractivity contribution >= 4 is 18.2 Å². The minimum absolute atomic E-state index is 0.149. The number of pyridine rings is 1. The number of nitriles is 1. The van der Waals surface area contributed by atoms with E-state index in [0.29, 0.717) is 30.5 Å². The fourth-order valence-electron chi connectivity index (χ4n) is 2.91. The first-order chi connectivity index (χ1) is 13.3. The molecule has 0 bridgehead atoms. The van der Waals surface area contributed by atoms with Crippen molar-refractivity contribution in [2.24, 2.45) is 0 Å². The third kappa shape index (κ3) is 5.16. The number of carbonyl (C=O) groups excluding carboxylic acids is 1. The highest BCUT2D eigenvalue weighted by atomic mass is 16.6. The first-order valence-corrected chi connectivity index (χ1v) is 9.20. The van der Waals surface area contributed by atoms with Crippen molar-refractivity contribution in [1.29, 1.82) is 5.26 Å². The molecule has 0 atom stereocenters. The van der Waals surface area contributed by atoms with Gasteiger partial charge in [-0.2, -0.15) is 10.2 Å². The van der Waals surface area contributed by atoms with E-state index >= 15 is 0 Å². The van der Waals surface area contributed by atoms with Crippen molar-refractivity contribution in [3.63, 3.8) is 0 Å². The molecule has 0 aliphatic carbocycles. The van der Waals surface area contributed by atoms with Crippen LogP contribution in [0.25, 0.3) is 12.2 Å². The number of hydrogen-bond acceptors (Lipinski definition) is 7. The Labute approximate surface area is 163 Å². The maximum atomic E-state index is 12.1. The summed E-state index contributed by atoms with van der Waals surface area (Å²) in [5.74, 6) is 1.20. The van der Waals surface area contributed by atoms with Crippen LogP contribution in [0.1, 0.15) is 62.5 Å². The monoisotopic (exact) mass is 381 g/mol. The van der Waals surface area contributed by atoms with Crippen LogP contribution in [0.2, 0.25) is 0 Å². The van der Waals surface area contributed by atoms with Gasteiger partial charge in [0.25, 0.3) is 5.89 Å². The summed E-state index contributed by atoms with van der Waals surface area (Å²) < 4.78 is 10.7. The van der Waals surface area contributed by atoms with E-state index in [9.17, 15) is 4.79 Å². The first kappa shape index (κ1) is 19.5. The maximum absolute atomic E-state index is 12.1. The van der Waals surface area contributed by atoms with Gasteiger partial charge in [-0.15, -0.1) is 0 Å². The molecular weight excluding hydrogens is 358 g/mol. The van der Waals surface area contributed by atoms with Crippen LogP contribution in [0.15, 0.2) is 22.9 Å². The SMILES string of the molecule is CC(C)(C)OC(=O)N1CCC(c2noc(C=Cc3ccnc(C#N)c3)n2)CC1. The summed E-state index contributed by atoms with van der Waals surface area (Å²) in [5, 5.41) is 13.0. The number of rotatable bonds is 3. The van der Waals surface area contributed by atoms with Gasteiger partial charge in [-0.05, 0) is 57.4 Å². The Kier molecular flexibility index (Phi) is 5.73. The quantitative estimate of drug-likeness (QED) is 0.799. The average molecular weight is 381 g/mol. The molecule has 1 aliphatic rings. The average Bonchev–Trinajstić information content (AvgIpc) is 3.14. The Morgan fingerprint density at radius 2 is 2.11 bits per heavy atom. The van der Waals surface area contributed by atoms with Gasteiger partial charge in [-0.25, -0.2) is 9.78 Å². The maximum Gasteiger partial charge on any atom is 0.410 e. The van der Waals surface area contributed by atoms with Crippen molar-refractivity contribution in [2.75, 3.05) is 13.1 Å². The molecule has 1 amide bonds. The van der Waals surface area contributed by atoms with Gasteiger partial charge in [0.05, 0.1) is 0 Å². The summed E-state index contributed by atoms with van der Waals surface area (Å²) in [4.78, 5) is 22.2.